The molecule has 0 rings (SSSR count). The summed E-state index contributed by atoms with van der Waals surface area (Å²) in [6, 6.07) is 0. The van der Waals surface area contributed by atoms with Crippen molar-refractivity contribution in [3.8, 4) is 0 Å². The Balaban J connectivity index is 4.30. The van der Waals surface area contributed by atoms with E-state index in [4.69, 9.17) is 9.84 Å². The molecule has 0 radical (unpaired) electrons. The number of hydrogen-bond donors (Lipinski definition) is 1. The van der Waals surface area contributed by atoms with E-state index < -0.39 is 18.0 Å². The predicted molar refractivity (Wildman–Crippen MR) is 51.8 cm³/mol. The Morgan fingerprint density at radius 3 is 2.29 bits per heavy atom. The largest absolute Gasteiger partial charge is 0.478 e. The Labute approximate surface area is 82.9 Å². The van der Waals surface area contributed by atoms with Crippen LogP contribution in [0.1, 0.15) is 20.8 Å². The van der Waals surface area contributed by atoms with E-state index in [0.717, 1.165) is 0 Å². The first kappa shape index (κ1) is 12.4. The van der Waals surface area contributed by atoms with Crippen molar-refractivity contribution in [2.75, 3.05) is 0 Å². The molecule has 0 aliphatic carbocycles. The highest BCUT2D eigenvalue weighted by molar-refractivity contribution is 5.88. The van der Waals surface area contributed by atoms with E-state index in [0.29, 0.717) is 5.57 Å². The van der Waals surface area contributed by atoms with Crippen molar-refractivity contribution in [2.45, 2.75) is 26.9 Å². The average Bonchev–Trinajstić information content (AvgIpc) is 2.03. The molecule has 0 amide bonds. The molecule has 0 heterocycles. The molecule has 0 fully saturated rings. The molecule has 78 valence electrons. The highest BCUT2D eigenvalue weighted by Crippen LogP contribution is 2.03. The molecular formula is C10H14O4. The summed E-state index contributed by atoms with van der Waals surface area (Å²) in [6.07, 6.45) is 0.804. The number of carboxylic acids is 1. The van der Waals surface area contributed by atoms with E-state index in [-0.39, 0.29) is 5.57 Å². The number of carbonyl (C=O) groups excluding carboxylic acids is 1. The molecule has 14 heavy (non-hydrogen) atoms. The van der Waals surface area contributed by atoms with E-state index in [1.165, 1.54) is 19.9 Å². The SMILES string of the molecule is C=C(C)C(=O)OC(C)C=C(C)C(=O)O. The third-order valence-corrected chi connectivity index (χ3v) is 1.46. The molecule has 0 aromatic carbocycles. The maximum Gasteiger partial charge on any atom is 0.333 e. The molecule has 1 N–H and O–H groups in total. The van der Waals surface area contributed by atoms with Crippen molar-refractivity contribution < 1.29 is 19.4 Å². The molecular weight excluding hydrogens is 184 g/mol. The summed E-state index contributed by atoms with van der Waals surface area (Å²) in [4.78, 5) is 21.4. The van der Waals surface area contributed by atoms with E-state index in [9.17, 15) is 9.59 Å². The molecule has 0 saturated carbocycles. The van der Waals surface area contributed by atoms with Gasteiger partial charge in [0.2, 0.25) is 0 Å². The van der Waals surface area contributed by atoms with Crippen molar-refractivity contribution >= 4 is 11.9 Å². The Kier molecular flexibility index (Phi) is 4.63. The standard InChI is InChI=1S/C10H14O4/c1-6(2)10(13)14-8(4)5-7(3)9(11)12/h5,8H,1H2,2-4H3,(H,11,12). The summed E-state index contributed by atoms with van der Waals surface area (Å²) in [5.41, 5.74) is 0.435. The van der Waals surface area contributed by atoms with Gasteiger partial charge in [-0.2, -0.15) is 0 Å². The van der Waals surface area contributed by atoms with E-state index >= 15 is 0 Å². The highest BCUT2D eigenvalue weighted by atomic mass is 16.5. The molecule has 0 bridgehead atoms. The quantitative estimate of drug-likeness (QED) is 0.549. The molecule has 1 atom stereocenters. The molecule has 0 saturated heterocycles. The maximum absolute atomic E-state index is 11.0. The van der Waals surface area contributed by atoms with Crippen LogP contribution in [-0.2, 0) is 14.3 Å². The predicted octanol–water partition coefficient (Wildman–Crippen LogP) is 1.53. The lowest BCUT2D eigenvalue weighted by Gasteiger charge is -2.09. The number of aliphatic carboxylic acids is 1. The van der Waals surface area contributed by atoms with Crippen LogP contribution >= 0.6 is 0 Å². The van der Waals surface area contributed by atoms with Crippen molar-refractivity contribution in [1.29, 1.82) is 0 Å². The number of esters is 1. The fraction of sp³-hybridized carbons (Fsp3) is 0.400. The van der Waals surface area contributed by atoms with Crippen LogP contribution in [-0.4, -0.2) is 23.1 Å². The van der Waals surface area contributed by atoms with Gasteiger partial charge in [-0.05, 0) is 26.8 Å². The van der Waals surface area contributed by atoms with Gasteiger partial charge in [0.15, 0.2) is 0 Å². The number of rotatable bonds is 4. The third-order valence-electron chi connectivity index (χ3n) is 1.46. The zero-order valence-corrected chi connectivity index (χ0v) is 8.53. The fourth-order valence-electron chi connectivity index (χ4n) is 0.727. The molecule has 0 aliphatic heterocycles. The Hall–Kier alpha value is -1.58. The van der Waals surface area contributed by atoms with E-state index in [2.05, 4.69) is 6.58 Å². The zero-order valence-electron chi connectivity index (χ0n) is 8.53. The number of carbonyl (C=O) groups is 2. The fourth-order valence-corrected chi connectivity index (χ4v) is 0.727. The van der Waals surface area contributed by atoms with Crippen LogP contribution in [0, 0.1) is 0 Å². The summed E-state index contributed by atoms with van der Waals surface area (Å²) in [7, 11) is 0. The molecule has 0 aromatic heterocycles. The van der Waals surface area contributed by atoms with Crippen molar-refractivity contribution in [2.24, 2.45) is 0 Å². The van der Waals surface area contributed by atoms with Crippen LogP contribution in [0.5, 0.6) is 0 Å². The summed E-state index contributed by atoms with van der Waals surface area (Å²) < 4.78 is 4.85. The van der Waals surface area contributed by atoms with E-state index in [1.807, 2.05) is 0 Å². The first-order valence-corrected chi connectivity index (χ1v) is 4.12. The molecule has 4 heteroatoms. The minimum atomic E-state index is -1.02. The summed E-state index contributed by atoms with van der Waals surface area (Å²) in [5, 5.41) is 8.55. The second-order valence-electron chi connectivity index (χ2n) is 3.05. The Bertz CT molecular complexity index is 288. The van der Waals surface area contributed by atoms with Crippen LogP contribution in [0.2, 0.25) is 0 Å². The zero-order chi connectivity index (χ0) is 11.3. The van der Waals surface area contributed by atoms with Crippen LogP contribution in [0.4, 0.5) is 0 Å². The normalized spacial score (nSPS) is 13.2. The summed E-state index contributed by atoms with van der Waals surface area (Å²) >= 11 is 0. The Morgan fingerprint density at radius 2 is 1.93 bits per heavy atom. The van der Waals surface area contributed by atoms with Gasteiger partial charge in [0.1, 0.15) is 6.10 Å². The summed E-state index contributed by atoms with van der Waals surface area (Å²) in [5.74, 6) is -1.55. The van der Waals surface area contributed by atoms with Gasteiger partial charge in [-0.1, -0.05) is 6.58 Å². The van der Waals surface area contributed by atoms with Crippen molar-refractivity contribution in [3.63, 3.8) is 0 Å². The molecule has 4 nitrogen and oxygen atoms in total. The number of hydrogen-bond acceptors (Lipinski definition) is 3. The van der Waals surface area contributed by atoms with Gasteiger partial charge in [-0.15, -0.1) is 0 Å². The minimum absolute atomic E-state index is 0.145. The van der Waals surface area contributed by atoms with Gasteiger partial charge in [0.05, 0.1) is 0 Å². The molecule has 1 unspecified atom stereocenters. The molecule has 0 aromatic rings. The minimum Gasteiger partial charge on any atom is -0.478 e. The van der Waals surface area contributed by atoms with Crippen LogP contribution in [0.3, 0.4) is 0 Å². The Morgan fingerprint density at radius 1 is 1.43 bits per heavy atom. The first-order valence-electron chi connectivity index (χ1n) is 4.12. The van der Waals surface area contributed by atoms with Crippen molar-refractivity contribution in [3.05, 3.63) is 23.8 Å². The van der Waals surface area contributed by atoms with Crippen molar-refractivity contribution in [1.82, 2.24) is 0 Å². The highest BCUT2D eigenvalue weighted by Gasteiger charge is 2.09. The lowest BCUT2D eigenvalue weighted by Crippen LogP contribution is -2.14. The lowest BCUT2D eigenvalue weighted by atomic mass is 10.2. The van der Waals surface area contributed by atoms with Crippen LogP contribution in [0.25, 0.3) is 0 Å². The topological polar surface area (TPSA) is 63.6 Å². The summed E-state index contributed by atoms with van der Waals surface area (Å²) in [6.45, 7) is 7.97. The van der Waals surface area contributed by atoms with Gasteiger partial charge in [-0.3, -0.25) is 0 Å². The molecule has 0 aliphatic rings. The van der Waals surface area contributed by atoms with Gasteiger partial charge >= 0.3 is 11.9 Å². The van der Waals surface area contributed by atoms with Gasteiger partial charge < -0.3 is 9.84 Å². The van der Waals surface area contributed by atoms with Crippen LogP contribution < -0.4 is 0 Å². The van der Waals surface area contributed by atoms with Crippen LogP contribution in [0.15, 0.2) is 23.8 Å². The maximum atomic E-state index is 11.0. The van der Waals surface area contributed by atoms with Gasteiger partial charge in [-0.25, -0.2) is 9.59 Å². The second-order valence-corrected chi connectivity index (χ2v) is 3.05. The monoisotopic (exact) mass is 198 g/mol. The smallest absolute Gasteiger partial charge is 0.333 e. The average molecular weight is 198 g/mol. The first-order chi connectivity index (χ1) is 6.34. The number of carboxylic acid groups (broad SMARTS) is 1. The third kappa shape index (κ3) is 4.45. The number of ether oxygens (including phenoxy) is 1. The van der Waals surface area contributed by atoms with E-state index in [1.54, 1.807) is 6.92 Å². The van der Waals surface area contributed by atoms with Gasteiger partial charge in [0, 0.05) is 11.1 Å². The van der Waals surface area contributed by atoms with Gasteiger partial charge in [0.25, 0.3) is 0 Å². The second kappa shape index (κ2) is 5.21. The molecule has 0 spiro atoms. The lowest BCUT2D eigenvalue weighted by molar-refractivity contribution is -0.141.